The molecule has 4 rings (SSSR count). The number of para-hydroxylation sites is 1. The molecule has 0 saturated heterocycles. The van der Waals surface area contributed by atoms with E-state index in [9.17, 15) is 4.79 Å². The molecule has 0 saturated carbocycles. The summed E-state index contributed by atoms with van der Waals surface area (Å²) in [5.74, 6) is 0. The van der Waals surface area contributed by atoms with Gasteiger partial charge in [-0.1, -0.05) is 78.9 Å². The zero-order chi connectivity index (χ0) is 17.8. The first kappa shape index (κ1) is 16.2. The van der Waals surface area contributed by atoms with Crippen LogP contribution in [0, 0.1) is 0 Å². The van der Waals surface area contributed by atoms with Gasteiger partial charge in [-0.2, -0.15) is 0 Å². The maximum absolute atomic E-state index is 12.8. The van der Waals surface area contributed by atoms with Crippen LogP contribution in [0.4, 0.5) is 5.69 Å². The van der Waals surface area contributed by atoms with Gasteiger partial charge in [-0.25, -0.2) is 0 Å². The highest BCUT2D eigenvalue weighted by Crippen LogP contribution is 2.26. The number of anilines is 1. The molecule has 0 amide bonds. The summed E-state index contributed by atoms with van der Waals surface area (Å²) in [5, 5.41) is 4.55. The number of fused-ring (bicyclic) bond motifs is 1. The highest BCUT2D eigenvalue weighted by molar-refractivity contribution is 5.92. The average Bonchev–Trinajstić information content (AvgIpc) is 2.69. The van der Waals surface area contributed by atoms with Crippen LogP contribution in [0.2, 0.25) is 0 Å². The molecule has 0 spiro atoms. The van der Waals surface area contributed by atoms with Gasteiger partial charge in [-0.15, -0.1) is 0 Å². The van der Waals surface area contributed by atoms with Crippen LogP contribution in [0.1, 0.15) is 16.7 Å². The van der Waals surface area contributed by atoms with Crippen molar-refractivity contribution >= 4 is 16.6 Å². The maximum Gasteiger partial charge on any atom is 0.254 e. The van der Waals surface area contributed by atoms with E-state index in [2.05, 4.69) is 34.6 Å². The molecule has 3 aromatic carbocycles. The topological polar surface area (TPSA) is 44.9 Å². The number of nitrogens with one attached hydrogen (secondary N) is 2. The van der Waals surface area contributed by atoms with Crippen LogP contribution in [-0.2, 0) is 13.0 Å². The van der Waals surface area contributed by atoms with E-state index in [1.165, 1.54) is 5.56 Å². The molecule has 0 atom stereocenters. The molecule has 128 valence electrons. The molecule has 2 N–H and O–H groups in total. The van der Waals surface area contributed by atoms with Gasteiger partial charge in [0.1, 0.15) is 0 Å². The minimum absolute atomic E-state index is 0.0388. The molecular weight excluding hydrogens is 320 g/mol. The average molecular weight is 340 g/mol. The zero-order valence-corrected chi connectivity index (χ0v) is 14.4. The van der Waals surface area contributed by atoms with Crippen LogP contribution in [-0.4, -0.2) is 4.98 Å². The molecule has 1 heterocycles. The number of H-pyrrole nitrogens is 1. The van der Waals surface area contributed by atoms with Crippen LogP contribution in [0.3, 0.4) is 0 Å². The summed E-state index contributed by atoms with van der Waals surface area (Å²) in [6, 6.07) is 28.2. The lowest BCUT2D eigenvalue weighted by Crippen LogP contribution is -2.17. The van der Waals surface area contributed by atoms with Gasteiger partial charge in [0.05, 0.1) is 11.2 Å². The van der Waals surface area contributed by atoms with Crippen LogP contribution < -0.4 is 10.9 Å². The molecule has 3 nitrogen and oxygen atoms in total. The summed E-state index contributed by atoms with van der Waals surface area (Å²) in [6.45, 7) is 0.677. The number of aromatic amines is 1. The van der Waals surface area contributed by atoms with Gasteiger partial charge in [-0.3, -0.25) is 4.79 Å². The van der Waals surface area contributed by atoms with Crippen molar-refractivity contribution in [3.63, 3.8) is 0 Å². The molecule has 1 aromatic heterocycles. The second-order valence-electron chi connectivity index (χ2n) is 6.35. The highest BCUT2D eigenvalue weighted by atomic mass is 16.1. The van der Waals surface area contributed by atoms with Gasteiger partial charge in [0.15, 0.2) is 0 Å². The van der Waals surface area contributed by atoms with Gasteiger partial charge in [0.2, 0.25) is 0 Å². The SMILES string of the molecule is O=c1[nH]c2ccccc2c(NCc2ccccc2)c1Cc1ccccc1. The molecule has 0 bridgehead atoms. The van der Waals surface area contributed by atoms with E-state index in [1.54, 1.807) is 0 Å². The minimum atomic E-state index is -0.0388. The van der Waals surface area contributed by atoms with Crippen molar-refractivity contribution in [1.82, 2.24) is 4.98 Å². The first-order valence-electron chi connectivity index (χ1n) is 8.77. The second kappa shape index (κ2) is 7.28. The van der Waals surface area contributed by atoms with Gasteiger partial charge in [-0.05, 0) is 17.2 Å². The molecule has 0 fully saturated rings. The molecule has 0 aliphatic heterocycles. The van der Waals surface area contributed by atoms with Crippen LogP contribution in [0.25, 0.3) is 10.9 Å². The summed E-state index contributed by atoms with van der Waals surface area (Å²) in [4.78, 5) is 15.8. The van der Waals surface area contributed by atoms with Crippen molar-refractivity contribution in [1.29, 1.82) is 0 Å². The quantitative estimate of drug-likeness (QED) is 0.551. The number of benzene rings is 3. The lowest BCUT2D eigenvalue weighted by molar-refractivity contribution is 1.08. The van der Waals surface area contributed by atoms with Crippen molar-refractivity contribution in [2.24, 2.45) is 0 Å². The monoisotopic (exact) mass is 340 g/mol. The van der Waals surface area contributed by atoms with E-state index in [0.29, 0.717) is 13.0 Å². The maximum atomic E-state index is 12.8. The second-order valence-corrected chi connectivity index (χ2v) is 6.35. The Hall–Kier alpha value is -3.33. The summed E-state index contributed by atoms with van der Waals surface area (Å²) in [7, 11) is 0. The third kappa shape index (κ3) is 3.38. The predicted octanol–water partition coefficient (Wildman–Crippen LogP) is 4.73. The smallest absolute Gasteiger partial charge is 0.254 e. The fraction of sp³-hybridized carbons (Fsp3) is 0.0870. The lowest BCUT2D eigenvalue weighted by atomic mass is 10.0. The van der Waals surface area contributed by atoms with E-state index < -0.39 is 0 Å². The number of hydrogen-bond acceptors (Lipinski definition) is 2. The largest absolute Gasteiger partial charge is 0.380 e. The number of pyridine rings is 1. The van der Waals surface area contributed by atoms with Crippen molar-refractivity contribution in [3.05, 3.63) is 112 Å². The summed E-state index contributed by atoms with van der Waals surface area (Å²) >= 11 is 0. The summed E-state index contributed by atoms with van der Waals surface area (Å²) < 4.78 is 0. The van der Waals surface area contributed by atoms with Gasteiger partial charge in [0, 0.05) is 23.9 Å². The highest BCUT2D eigenvalue weighted by Gasteiger charge is 2.13. The zero-order valence-electron chi connectivity index (χ0n) is 14.4. The van der Waals surface area contributed by atoms with Crippen molar-refractivity contribution in [2.75, 3.05) is 5.32 Å². The molecule has 26 heavy (non-hydrogen) atoms. The number of rotatable bonds is 5. The molecule has 4 aromatic rings. The van der Waals surface area contributed by atoms with Gasteiger partial charge >= 0.3 is 0 Å². The Labute approximate surface area is 152 Å². The third-order valence-corrected chi connectivity index (χ3v) is 4.56. The molecule has 0 radical (unpaired) electrons. The summed E-state index contributed by atoms with van der Waals surface area (Å²) in [6.07, 6.45) is 0.595. The fourth-order valence-electron chi connectivity index (χ4n) is 3.24. The van der Waals surface area contributed by atoms with Gasteiger partial charge in [0.25, 0.3) is 5.56 Å². The van der Waals surface area contributed by atoms with E-state index in [1.807, 2.05) is 60.7 Å². The van der Waals surface area contributed by atoms with Crippen molar-refractivity contribution in [2.45, 2.75) is 13.0 Å². The van der Waals surface area contributed by atoms with E-state index in [4.69, 9.17) is 0 Å². The van der Waals surface area contributed by atoms with Crippen LogP contribution in [0.15, 0.2) is 89.7 Å². The fourth-order valence-corrected chi connectivity index (χ4v) is 3.24. The molecule has 3 heteroatoms. The number of aromatic nitrogens is 1. The van der Waals surface area contributed by atoms with Crippen molar-refractivity contribution in [3.8, 4) is 0 Å². The predicted molar refractivity (Wildman–Crippen MR) is 108 cm³/mol. The Balaban J connectivity index is 1.78. The minimum Gasteiger partial charge on any atom is -0.380 e. The molecule has 0 aliphatic carbocycles. The summed E-state index contributed by atoms with van der Waals surface area (Å²) in [5.41, 5.74) is 4.80. The number of hydrogen-bond donors (Lipinski definition) is 2. The van der Waals surface area contributed by atoms with Gasteiger partial charge < -0.3 is 10.3 Å². The first-order chi connectivity index (χ1) is 12.8. The first-order valence-corrected chi connectivity index (χ1v) is 8.77. The Morgan fingerprint density at radius 3 is 2.08 bits per heavy atom. The van der Waals surface area contributed by atoms with E-state index in [0.717, 1.165) is 27.7 Å². The third-order valence-electron chi connectivity index (χ3n) is 4.56. The Morgan fingerprint density at radius 1 is 0.731 bits per heavy atom. The Morgan fingerprint density at radius 2 is 1.35 bits per heavy atom. The van der Waals surface area contributed by atoms with Crippen LogP contribution >= 0.6 is 0 Å². The van der Waals surface area contributed by atoms with Crippen molar-refractivity contribution < 1.29 is 0 Å². The Bertz CT molecular complexity index is 1070. The normalized spacial score (nSPS) is 10.8. The standard InChI is InChI=1S/C23H20N2O/c26-23-20(15-17-9-3-1-4-10-17)22(19-13-7-8-14-21(19)25-23)24-16-18-11-5-2-6-12-18/h1-14H,15-16H2,(H2,24,25,26). The van der Waals surface area contributed by atoms with E-state index >= 15 is 0 Å². The molecular formula is C23H20N2O. The van der Waals surface area contributed by atoms with Crippen LogP contribution in [0.5, 0.6) is 0 Å². The molecule has 0 unspecified atom stereocenters. The Kier molecular flexibility index (Phi) is 4.52. The molecule has 0 aliphatic rings. The lowest BCUT2D eigenvalue weighted by Gasteiger charge is -2.15. The van der Waals surface area contributed by atoms with E-state index in [-0.39, 0.29) is 5.56 Å².